The molecule has 6 heteroatoms. The van der Waals surface area contributed by atoms with E-state index in [4.69, 9.17) is 11.7 Å². The molecule has 7 heavy (non-hydrogen) atoms. The van der Waals surface area contributed by atoms with Crippen molar-refractivity contribution in [3.8, 4) is 0 Å². The van der Waals surface area contributed by atoms with Crippen LogP contribution in [0.4, 0.5) is 0 Å². The van der Waals surface area contributed by atoms with Gasteiger partial charge < -0.3 is 0 Å². The molecule has 0 aliphatic heterocycles. The van der Waals surface area contributed by atoms with Crippen molar-refractivity contribution in [3.63, 3.8) is 0 Å². The van der Waals surface area contributed by atoms with E-state index < -0.39 is 5.03 Å². The van der Waals surface area contributed by atoms with E-state index in [9.17, 15) is 0 Å². The quantitative estimate of drug-likeness (QED) is 0.215. The zero-order chi connectivity index (χ0) is 5.91. The average Bonchev–Trinajstić information content (AvgIpc) is 1.68. The van der Waals surface area contributed by atoms with Crippen LogP contribution < -0.4 is 17.6 Å². The monoisotopic (exact) mass is 109 g/mol. The summed E-state index contributed by atoms with van der Waals surface area (Å²) < 4.78 is 0. The maximum Gasteiger partial charge on any atom is 0.122 e. The van der Waals surface area contributed by atoms with Gasteiger partial charge in [0, 0.05) is 0 Å². The van der Waals surface area contributed by atoms with Crippen molar-refractivity contribution in [2.24, 2.45) is 17.6 Å². The van der Waals surface area contributed by atoms with Gasteiger partial charge in [-0.2, -0.15) is 5.90 Å². The second kappa shape index (κ2) is 2.17. The summed E-state index contributed by atoms with van der Waals surface area (Å²) in [5, 5.41) is -1.08. The van der Waals surface area contributed by atoms with Crippen molar-refractivity contribution in [3.05, 3.63) is 0 Å². The van der Waals surface area contributed by atoms with Crippen LogP contribution in [0, 0.1) is 0 Å². The summed E-state index contributed by atoms with van der Waals surface area (Å²) in [5.41, 5.74) is 0. The maximum atomic E-state index is 4.86. The van der Waals surface area contributed by atoms with E-state index in [0.29, 0.717) is 0 Å². The predicted molar refractivity (Wildman–Crippen MR) is 20.9 cm³/mol. The highest BCUT2D eigenvalue weighted by molar-refractivity contribution is 3.49. The molecule has 0 saturated carbocycles. The molecule has 0 amide bonds. The van der Waals surface area contributed by atoms with Gasteiger partial charge in [0.25, 0.3) is 0 Å². The van der Waals surface area contributed by atoms with E-state index >= 15 is 0 Å². The second-order valence-corrected chi connectivity index (χ2v) is 0.933. The highest BCUT2D eigenvalue weighted by atomic mass is 17.1. The summed E-state index contributed by atoms with van der Waals surface area (Å²) in [4.78, 5) is 8.09. The molecular formula is CH9N4O2+. The van der Waals surface area contributed by atoms with E-state index in [1.54, 1.807) is 0 Å². The Morgan fingerprint density at radius 3 is 1.86 bits per heavy atom. The molecule has 6 nitrogen and oxygen atoms in total. The van der Waals surface area contributed by atoms with E-state index in [1.165, 1.54) is 7.11 Å². The third-order valence-corrected chi connectivity index (χ3v) is 0.450. The van der Waals surface area contributed by atoms with Crippen LogP contribution in [0.25, 0.3) is 0 Å². The van der Waals surface area contributed by atoms with E-state index in [-0.39, 0.29) is 0 Å². The minimum atomic E-state index is -1.08. The normalized spacial score (nSPS) is 12.0. The Morgan fingerprint density at radius 2 is 1.86 bits per heavy atom. The fourth-order valence-corrected chi connectivity index (χ4v) is 0.0430. The SMILES string of the molecule is CO[N+](N)(N)ON. The van der Waals surface area contributed by atoms with Gasteiger partial charge in [0.05, 0.1) is 0 Å². The molecule has 0 fully saturated rings. The van der Waals surface area contributed by atoms with Crippen molar-refractivity contribution in [2.75, 3.05) is 7.11 Å². The fraction of sp³-hybridized carbons (Fsp3) is 1.00. The first kappa shape index (κ1) is 6.76. The van der Waals surface area contributed by atoms with Gasteiger partial charge in [-0.1, -0.05) is 11.7 Å². The first-order valence-corrected chi connectivity index (χ1v) is 1.53. The lowest BCUT2D eigenvalue weighted by molar-refractivity contribution is -1.26. The molecule has 0 aromatic rings. The zero-order valence-corrected chi connectivity index (χ0v) is 4.00. The summed E-state index contributed by atoms with van der Waals surface area (Å²) in [6.07, 6.45) is 0. The third-order valence-electron chi connectivity index (χ3n) is 0.450. The molecule has 0 aromatic heterocycles. The Morgan fingerprint density at radius 1 is 1.43 bits per heavy atom. The Kier molecular flexibility index (Phi) is 2.09. The number of hydrogen-bond acceptors (Lipinski definition) is 5. The lowest BCUT2D eigenvalue weighted by Gasteiger charge is -2.13. The predicted octanol–water partition coefficient (Wildman–Crippen LogP) is -2.08. The van der Waals surface area contributed by atoms with Crippen molar-refractivity contribution in [1.29, 1.82) is 0 Å². The molecule has 0 radical (unpaired) electrons. The second-order valence-electron chi connectivity index (χ2n) is 0.933. The van der Waals surface area contributed by atoms with Crippen LogP contribution in [0.3, 0.4) is 0 Å². The summed E-state index contributed by atoms with van der Waals surface area (Å²) in [6, 6.07) is 0. The Hall–Kier alpha value is -0.240. The summed E-state index contributed by atoms with van der Waals surface area (Å²) in [6.45, 7) is 0. The van der Waals surface area contributed by atoms with Gasteiger partial charge in [-0.3, -0.25) is 0 Å². The molecular weight excluding hydrogens is 100 g/mol. The summed E-state index contributed by atoms with van der Waals surface area (Å²) in [5.74, 6) is 14.2. The van der Waals surface area contributed by atoms with Crippen molar-refractivity contribution < 1.29 is 14.8 Å². The number of rotatable bonds is 2. The Labute approximate surface area is 40.8 Å². The van der Waals surface area contributed by atoms with Crippen LogP contribution in [0.2, 0.25) is 0 Å². The topological polar surface area (TPSA) is 96.5 Å². The minimum Gasteiger partial charge on any atom is -0.152 e. The van der Waals surface area contributed by atoms with E-state index in [0.717, 1.165) is 0 Å². The van der Waals surface area contributed by atoms with Crippen LogP contribution in [-0.4, -0.2) is 12.1 Å². The zero-order valence-electron chi connectivity index (χ0n) is 4.00. The Balaban J connectivity index is 3.36. The molecule has 0 aliphatic rings. The number of nitrogens with two attached hydrogens (primary N) is 3. The largest absolute Gasteiger partial charge is 0.152 e. The smallest absolute Gasteiger partial charge is 0.122 e. The molecule has 0 saturated heterocycles. The van der Waals surface area contributed by atoms with Gasteiger partial charge in [0.15, 0.2) is 0 Å². The average molecular weight is 109 g/mol. The molecule has 0 rings (SSSR count). The fourth-order valence-electron chi connectivity index (χ4n) is 0.0430. The summed E-state index contributed by atoms with van der Waals surface area (Å²) in [7, 11) is 1.26. The maximum absolute atomic E-state index is 4.86. The molecule has 0 spiro atoms. The summed E-state index contributed by atoms with van der Waals surface area (Å²) >= 11 is 0. The molecule has 0 aliphatic carbocycles. The van der Waals surface area contributed by atoms with Gasteiger partial charge in [-0.05, 0) is 4.94 Å². The first-order valence-electron chi connectivity index (χ1n) is 1.53. The molecule has 0 heterocycles. The van der Waals surface area contributed by atoms with Crippen LogP contribution in [0.1, 0.15) is 0 Å². The molecule has 6 N–H and O–H groups in total. The molecule has 0 aromatic carbocycles. The van der Waals surface area contributed by atoms with Gasteiger partial charge in [0.2, 0.25) is 0 Å². The standard InChI is InChI=1S/CH9N4O2/c1-6-5(2,3)7-4/h2-4H2,1H3/q+1. The van der Waals surface area contributed by atoms with Crippen LogP contribution in [-0.2, 0) is 9.78 Å². The van der Waals surface area contributed by atoms with E-state index in [2.05, 4.69) is 15.7 Å². The van der Waals surface area contributed by atoms with E-state index in [1.807, 2.05) is 0 Å². The third kappa shape index (κ3) is 2.45. The number of nitrogens with zero attached hydrogens (tertiary/aromatic N) is 1. The minimum absolute atomic E-state index is 1.08. The highest BCUT2D eigenvalue weighted by Gasteiger charge is 2.15. The number of quaternary nitrogens is 1. The highest BCUT2D eigenvalue weighted by Crippen LogP contribution is 1.79. The molecule has 0 bridgehead atoms. The van der Waals surface area contributed by atoms with Gasteiger partial charge in [0.1, 0.15) is 12.1 Å². The molecule has 0 unspecified atom stereocenters. The first-order chi connectivity index (χ1) is 3.12. The van der Waals surface area contributed by atoms with Crippen LogP contribution >= 0.6 is 0 Å². The van der Waals surface area contributed by atoms with Crippen molar-refractivity contribution in [2.45, 2.75) is 0 Å². The van der Waals surface area contributed by atoms with Crippen LogP contribution in [0.5, 0.6) is 0 Å². The Bertz CT molecular complexity index is 47.7. The number of hydrogen-bond donors (Lipinski definition) is 3. The molecule has 0 atom stereocenters. The lowest BCUT2D eigenvalue weighted by atomic mass is 11.7. The lowest BCUT2D eigenvalue weighted by Crippen LogP contribution is -2.60. The van der Waals surface area contributed by atoms with Crippen molar-refractivity contribution >= 4 is 0 Å². The van der Waals surface area contributed by atoms with Crippen LogP contribution in [0.15, 0.2) is 0 Å². The van der Waals surface area contributed by atoms with Gasteiger partial charge >= 0.3 is 0 Å². The van der Waals surface area contributed by atoms with Gasteiger partial charge in [-0.15, -0.1) is 4.84 Å². The van der Waals surface area contributed by atoms with Gasteiger partial charge in [-0.25, -0.2) is 0 Å². The molecule has 44 valence electrons. The van der Waals surface area contributed by atoms with Crippen molar-refractivity contribution in [1.82, 2.24) is 0 Å².